The van der Waals surface area contributed by atoms with Gasteiger partial charge in [-0.15, -0.1) is 11.3 Å². The summed E-state index contributed by atoms with van der Waals surface area (Å²) in [6.07, 6.45) is 2.96. The summed E-state index contributed by atoms with van der Waals surface area (Å²) in [5.41, 5.74) is 6.64. The smallest absolute Gasteiger partial charge is 0.116 e. The third-order valence-corrected chi connectivity index (χ3v) is 3.78. The van der Waals surface area contributed by atoms with Crippen LogP contribution < -0.4 is 5.73 Å². The van der Waals surface area contributed by atoms with Gasteiger partial charge in [-0.25, -0.2) is 4.98 Å². The van der Waals surface area contributed by atoms with E-state index in [4.69, 9.17) is 18.0 Å². The van der Waals surface area contributed by atoms with E-state index >= 15 is 0 Å². The number of hydrogen-bond acceptors (Lipinski definition) is 4. The molecule has 1 aromatic heterocycles. The molecule has 0 atom stereocenters. The van der Waals surface area contributed by atoms with Crippen molar-refractivity contribution in [3.05, 3.63) is 15.6 Å². The van der Waals surface area contributed by atoms with Crippen molar-refractivity contribution in [2.45, 2.75) is 19.1 Å². The van der Waals surface area contributed by atoms with E-state index in [0.29, 0.717) is 4.99 Å². The van der Waals surface area contributed by atoms with Crippen LogP contribution in [0.25, 0.3) is 0 Å². The molecule has 1 heterocycles. The number of thiocarbonyl (C=S) groups is 1. The summed E-state index contributed by atoms with van der Waals surface area (Å²) < 4.78 is 0. The van der Waals surface area contributed by atoms with Crippen LogP contribution in [0.1, 0.15) is 22.5 Å². The molecule has 0 bridgehead atoms. The molecule has 0 saturated carbocycles. The third kappa shape index (κ3) is 2.65. The highest BCUT2D eigenvalue weighted by Crippen LogP contribution is 2.22. The Hall–Kier alpha value is -0.130. The summed E-state index contributed by atoms with van der Waals surface area (Å²) in [4.78, 5) is 5.93. The molecule has 0 radical (unpaired) electrons. The standard InChI is InChI=1S/C8H12N2S3/c1-3-5-7(8(9)11)13-6(10-5)4-12-2/h3-4H2,1-2H3,(H2,9,11). The van der Waals surface area contributed by atoms with E-state index in [9.17, 15) is 0 Å². The van der Waals surface area contributed by atoms with Gasteiger partial charge < -0.3 is 5.73 Å². The first kappa shape index (κ1) is 10.9. The number of nitrogens with two attached hydrogens (primary N) is 1. The van der Waals surface area contributed by atoms with E-state index in [1.165, 1.54) is 0 Å². The van der Waals surface area contributed by atoms with Crippen LogP contribution in [0.15, 0.2) is 0 Å². The first-order valence-corrected chi connectivity index (χ1v) is 6.58. The van der Waals surface area contributed by atoms with Crippen LogP contribution in [0.2, 0.25) is 0 Å². The zero-order valence-corrected chi connectivity index (χ0v) is 10.1. The quantitative estimate of drug-likeness (QED) is 0.808. The van der Waals surface area contributed by atoms with E-state index < -0.39 is 0 Å². The van der Waals surface area contributed by atoms with Crippen molar-refractivity contribution in [1.29, 1.82) is 0 Å². The molecule has 0 saturated heterocycles. The second-order valence-corrected chi connectivity index (χ2v) is 4.92. The molecule has 0 aliphatic carbocycles. The van der Waals surface area contributed by atoms with Crippen molar-refractivity contribution in [1.82, 2.24) is 4.98 Å². The van der Waals surface area contributed by atoms with Crippen molar-refractivity contribution < 1.29 is 0 Å². The SMILES string of the molecule is CCc1nc(CSC)sc1C(N)=S. The second-order valence-electron chi connectivity index (χ2n) is 2.53. The summed E-state index contributed by atoms with van der Waals surface area (Å²) in [5, 5.41) is 1.12. The predicted octanol–water partition coefficient (Wildman–Crippen LogP) is 2.20. The van der Waals surface area contributed by atoms with Crippen LogP contribution in [-0.2, 0) is 12.2 Å². The molecule has 2 nitrogen and oxygen atoms in total. The number of thioether (sulfide) groups is 1. The van der Waals surface area contributed by atoms with Crippen LogP contribution in [0.5, 0.6) is 0 Å². The van der Waals surface area contributed by atoms with E-state index in [0.717, 1.165) is 27.8 Å². The Bertz CT molecular complexity index is 306. The summed E-state index contributed by atoms with van der Waals surface area (Å²) in [6, 6.07) is 0. The molecule has 0 spiro atoms. The maximum absolute atomic E-state index is 5.59. The highest BCUT2D eigenvalue weighted by Gasteiger charge is 2.10. The Morgan fingerprint density at radius 3 is 2.77 bits per heavy atom. The van der Waals surface area contributed by atoms with Gasteiger partial charge in [-0.2, -0.15) is 11.8 Å². The lowest BCUT2D eigenvalue weighted by molar-refractivity contribution is 1.04. The highest BCUT2D eigenvalue weighted by atomic mass is 32.2. The van der Waals surface area contributed by atoms with E-state index in [2.05, 4.69) is 18.2 Å². The van der Waals surface area contributed by atoms with Gasteiger partial charge in [-0.05, 0) is 12.7 Å². The van der Waals surface area contributed by atoms with Gasteiger partial charge in [0.1, 0.15) is 10.00 Å². The summed E-state index contributed by atoms with van der Waals surface area (Å²) >= 11 is 8.34. The number of rotatable bonds is 4. The Morgan fingerprint density at radius 1 is 1.69 bits per heavy atom. The lowest BCUT2D eigenvalue weighted by atomic mass is 10.3. The highest BCUT2D eigenvalue weighted by molar-refractivity contribution is 7.97. The van der Waals surface area contributed by atoms with Gasteiger partial charge in [0, 0.05) is 5.75 Å². The Morgan fingerprint density at radius 2 is 2.38 bits per heavy atom. The lowest BCUT2D eigenvalue weighted by Gasteiger charge is -1.93. The van der Waals surface area contributed by atoms with E-state index in [1.807, 2.05) is 0 Å². The van der Waals surface area contributed by atoms with Crippen LogP contribution in [0.3, 0.4) is 0 Å². The summed E-state index contributed by atoms with van der Waals surface area (Å²) in [7, 11) is 0. The Balaban J connectivity index is 2.97. The van der Waals surface area contributed by atoms with Gasteiger partial charge in [0.15, 0.2) is 0 Å². The number of nitrogens with zero attached hydrogens (tertiary/aromatic N) is 1. The van der Waals surface area contributed by atoms with Crippen molar-refractivity contribution in [2.75, 3.05) is 6.26 Å². The van der Waals surface area contributed by atoms with Gasteiger partial charge in [-0.1, -0.05) is 19.1 Å². The normalized spacial score (nSPS) is 10.3. The zero-order chi connectivity index (χ0) is 9.84. The minimum atomic E-state index is 0.474. The molecular formula is C8H12N2S3. The van der Waals surface area contributed by atoms with Crippen LogP contribution in [0, 0.1) is 0 Å². The van der Waals surface area contributed by atoms with Crippen molar-refractivity contribution in [3.63, 3.8) is 0 Å². The van der Waals surface area contributed by atoms with Gasteiger partial charge in [0.25, 0.3) is 0 Å². The number of hydrogen-bond donors (Lipinski definition) is 1. The first-order valence-electron chi connectivity index (χ1n) is 3.96. The monoisotopic (exact) mass is 232 g/mol. The number of thiazole rings is 1. The summed E-state index contributed by atoms with van der Waals surface area (Å²) in [6.45, 7) is 2.07. The Kier molecular flexibility index (Phi) is 4.15. The third-order valence-electron chi connectivity index (χ3n) is 1.57. The molecule has 0 aromatic carbocycles. The largest absolute Gasteiger partial charge is 0.389 e. The number of aryl methyl sites for hydroxylation is 1. The second kappa shape index (κ2) is 4.93. The first-order chi connectivity index (χ1) is 6.19. The van der Waals surface area contributed by atoms with Crippen molar-refractivity contribution >= 4 is 40.3 Å². The fourth-order valence-electron chi connectivity index (χ4n) is 1.02. The molecule has 1 aromatic rings. The van der Waals surface area contributed by atoms with Gasteiger partial charge >= 0.3 is 0 Å². The molecule has 5 heteroatoms. The molecule has 1 rings (SSSR count). The van der Waals surface area contributed by atoms with Crippen LogP contribution in [-0.4, -0.2) is 16.2 Å². The molecule has 0 unspecified atom stereocenters. The van der Waals surface area contributed by atoms with Gasteiger partial charge in [0.2, 0.25) is 0 Å². The molecule has 13 heavy (non-hydrogen) atoms. The van der Waals surface area contributed by atoms with E-state index in [-0.39, 0.29) is 0 Å². The summed E-state index contributed by atoms with van der Waals surface area (Å²) in [5.74, 6) is 0.945. The topological polar surface area (TPSA) is 38.9 Å². The van der Waals surface area contributed by atoms with Crippen molar-refractivity contribution in [3.8, 4) is 0 Å². The molecule has 0 amide bonds. The maximum atomic E-state index is 5.59. The lowest BCUT2D eigenvalue weighted by Crippen LogP contribution is -2.09. The van der Waals surface area contributed by atoms with Crippen LogP contribution in [0.4, 0.5) is 0 Å². The molecular weight excluding hydrogens is 220 g/mol. The maximum Gasteiger partial charge on any atom is 0.116 e. The zero-order valence-electron chi connectivity index (χ0n) is 7.66. The number of aromatic nitrogens is 1. The average molecular weight is 232 g/mol. The van der Waals surface area contributed by atoms with Crippen LogP contribution >= 0.6 is 35.3 Å². The molecule has 0 aliphatic rings. The molecule has 0 fully saturated rings. The molecule has 0 aliphatic heterocycles. The van der Waals surface area contributed by atoms with Crippen molar-refractivity contribution in [2.24, 2.45) is 5.73 Å². The van der Waals surface area contributed by atoms with Gasteiger partial charge in [0.05, 0.1) is 10.6 Å². The molecule has 2 N–H and O–H groups in total. The molecule has 72 valence electrons. The van der Waals surface area contributed by atoms with E-state index in [1.54, 1.807) is 23.1 Å². The minimum Gasteiger partial charge on any atom is -0.389 e. The van der Waals surface area contributed by atoms with Gasteiger partial charge in [-0.3, -0.25) is 0 Å². The average Bonchev–Trinajstić information content (AvgIpc) is 2.48. The fourth-order valence-corrected chi connectivity index (χ4v) is 2.96. The predicted molar refractivity (Wildman–Crippen MR) is 64.6 cm³/mol. The minimum absolute atomic E-state index is 0.474. The fraction of sp³-hybridized carbons (Fsp3) is 0.500. The Labute approximate surface area is 91.9 Å².